The number of halogens is 1. The molecule has 7 heteroatoms. The Morgan fingerprint density at radius 1 is 1.50 bits per heavy atom. The van der Waals surface area contributed by atoms with E-state index in [1.54, 1.807) is 18.2 Å². The van der Waals surface area contributed by atoms with Crippen LogP contribution in [0.5, 0.6) is 5.75 Å². The molecule has 1 aromatic carbocycles. The van der Waals surface area contributed by atoms with Crippen molar-refractivity contribution in [2.45, 2.75) is 6.23 Å². The first-order valence-corrected chi connectivity index (χ1v) is 7.29. The van der Waals surface area contributed by atoms with Crippen molar-refractivity contribution in [2.24, 2.45) is 0 Å². The Kier molecular flexibility index (Phi) is 4.53. The highest BCUT2D eigenvalue weighted by Crippen LogP contribution is 2.24. The second kappa shape index (κ2) is 5.30. The molecule has 0 spiro atoms. The summed E-state index contributed by atoms with van der Waals surface area (Å²) in [6, 6.07) is 4.96. The molecule has 0 saturated carbocycles. The summed E-state index contributed by atoms with van der Waals surface area (Å²) < 4.78 is 29.9. The fourth-order valence-electron chi connectivity index (χ4n) is 1.12. The van der Waals surface area contributed by atoms with E-state index in [0.29, 0.717) is 11.3 Å². The van der Waals surface area contributed by atoms with Gasteiger partial charge in [-0.25, -0.2) is 8.42 Å². The fourth-order valence-corrected chi connectivity index (χ4v) is 2.21. The Balaban J connectivity index is 2.96. The molecule has 0 aliphatic heterocycles. The third-order valence-corrected chi connectivity index (χ3v) is 3.36. The maximum atomic E-state index is 10.9. The quantitative estimate of drug-likeness (QED) is 0.619. The van der Waals surface area contributed by atoms with Crippen molar-refractivity contribution in [3.63, 3.8) is 0 Å². The minimum atomic E-state index is -3.44. The molecule has 0 amide bonds. The zero-order valence-corrected chi connectivity index (χ0v) is 11.7. The van der Waals surface area contributed by atoms with E-state index in [1.807, 2.05) is 0 Å². The van der Waals surface area contributed by atoms with Crippen LogP contribution >= 0.6 is 22.6 Å². The Morgan fingerprint density at radius 3 is 2.62 bits per heavy atom. The van der Waals surface area contributed by atoms with Gasteiger partial charge in [-0.1, -0.05) is 6.07 Å². The number of nitrogens with one attached hydrogen (secondary N) is 1. The Hall–Kier alpha value is -0.380. The molecule has 1 aromatic rings. The van der Waals surface area contributed by atoms with Crippen LogP contribution in [0.2, 0.25) is 0 Å². The Bertz CT molecular complexity index is 474. The van der Waals surface area contributed by atoms with Crippen LogP contribution in [0.3, 0.4) is 0 Å². The summed E-state index contributed by atoms with van der Waals surface area (Å²) in [5.41, 5.74) is 0.433. The molecule has 2 N–H and O–H groups in total. The third kappa shape index (κ3) is 3.89. The van der Waals surface area contributed by atoms with E-state index in [2.05, 4.69) is 27.3 Å². The van der Waals surface area contributed by atoms with Crippen molar-refractivity contribution >= 4 is 32.6 Å². The summed E-state index contributed by atoms with van der Waals surface area (Å²) in [4.78, 5) is 0. The fraction of sp³-hybridized carbons (Fsp3) is 0.333. The topological polar surface area (TPSA) is 75.6 Å². The van der Waals surface area contributed by atoms with Crippen molar-refractivity contribution in [1.29, 1.82) is 0 Å². The van der Waals surface area contributed by atoms with Crippen LogP contribution in [0.4, 0.5) is 0 Å². The molecular formula is C9H12INO4S. The summed E-state index contributed by atoms with van der Waals surface area (Å²) in [6.07, 6.45) is -0.277. The molecule has 1 rings (SSSR count). The molecule has 0 fully saturated rings. The monoisotopic (exact) mass is 357 g/mol. The molecule has 0 radical (unpaired) electrons. The highest BCUT2D eigenvalue weighted by Gasteiger charge is 2.14. The van der Waals surface area contributed by atoms with E-state index in [9.17, 15) is 13.5 Å². The molecule has 1 atom stereocenters. The average molecular weight is 357 g/mol. The van der Waals surface area contributed by atoms with Crippen LogP contribution in [0, 0.1) is 3.57 Å². The predicted molar refractivity (Wildman–Crippen MR) is 68.7 cm³/mol. The summed E-state index contributed by atoms with van der Waals surface area (Å²) >= 11 is 2.08. The summed E-state index contributed by atoms with van der Waals surface area (Å²) in [5, 5.41) is 9.62. The number of hydrogen-bond acceptors (Lipinski definition) is 4. The third-order valence-electron chi connectivity index (χ3n) is 1.82. The van der Waals surface area contributed by atoms with E-state index in [0.717, 1.165) is 9.83 Å². The van der Waals surface area contributed by atoms with E-state index in [4.69, 9.17) is 4.74 Å². The van der Waals surface area contributed by atoms with Gasteiger partial charge in [0.2, 0.25) is 10.0 Å². The van der Waals surface area contributed by atoms with Gasteiger partial charge in [-0.3, -0.25) is 0 Å². The van der Waals surface area contributed by atoms with Gasteiger partial charge in [-0.2, -0.15) is 4.72 Å². The highest BCUT2D eigenvalue weighted by molar-refractivity contribution is 14.1. The van der Waals surface area contributed by atoms with Gasteiger partial charge < -0.3 is 9.84 Å². The maximum absolute atomic E-state index is 10.9. The van der Waals surface area contributed by atoms with E-state index in [-0.39, 0.29) is 0 Å². The number of hydrogen-bond donors (Lipinski definition) is 2. The standard InChI is InChI=1S/C9H12INO4S/c1-15-8-5-6(3-4-7(8)10)9(12)11-16(2,13)14/h3-5,9,11-12H,1-2H3. The first-order chi connectivity index (χ1) is 7.33. The minimum absolute atomic E-state index is 0.433. The van der Waals surface area contributed by atoms with Gasteiger partial charge in [-0.05, 0) is 40.3 Å². The summed E-state index contributed by atoms with van der Waals surface area (Å²) in [6.45, 7) is 0. The second-order valence-electron chi connectivity index (χ2n) is 3.19. The van der Waals surface area contributed by atoms with Crippen LogP contribution in [0.15, 0.2) is 18.2 Å². The molecule has 0 aliphatic carbocycles. The van der Waals surface area contributed by atoms with Crippen LogP contribution in [-0.2, 0) is 10.0 Å². The molecular weight excluding hydrogens is 345 g/mol. The van der Waals surface area contributed by atoms with Gasteiger partial charge in [0.1, 0.15) is 12.0 Å². The Labute approximate surface area is 108 Å². The number of benzene rings is 1. The summed E-state index contributed by atoms with van der Waals surface area (Å²) in [7, 11) is -1.93. The van der Waals surface area contributed by atoms with Crippen molar-refractivity contribution in [1.82, 2.24) is 4.72 Å². The van der Waals surface area contributed by atoms with Gasteiger partial charge in [-0.15, -0.1) is 0 Å². The van der Waals surface area contributed by atoms with E-state index >= 15 is 0 Å². The van der Waals surface area contributed by atoms with Crippen LogP contribution in [0.1, 0.15) is 11.8 Å². The lowest BCUT2D eigenvalue weighted by Crippen LogP contribution is -2.27. The molecule has 0 bridgehead atoms. The van der Waals surface area contributed by atoms with Crippen molar-refractivity contribution in [3.05, 3.63) is 27.3 Å². The number of sulfonamides is 1. The van der Waals surface area contributed by atoms with Crippen LogP contribution in [-0.4, -0.2) is 26.9 Å². The highest BCUT2D eigenvalue weighted by atomic mass is 127. The normalized spacial score (nSPS) is 13.5. The number of ether oxygens (including phenoxy) is 1. The van der Waals surface area contributed by atoms with Crippen molar-refractivity contribution < 1.29 is 18.3 Å². The maximum Gasteiger partial charge on any atom is 0.211 e. The van der Waals surface area contributed by atoms with Crippen LogP contribution < -0.4 is 9.46 Å². The molecule has 16 heavy (non-hydrogen) atoms. The number of aliphatic hydroxyl groups excluding tert-OH is 1. The average Bonchev–Trinajstić information content (AvgIpc) is 2.15. The van der Waals surface area contributed by atoms with Crippen LogP contribution in [0.25, 0.3) is 0 Å². The molecule has 0 heterocycles. The van der Waals surface area contributed by atoms with Gasteiger partial charge in [0.15, 0.2) is 0 Å². The molecule has 5 nitrogen and oxygen atoms in total. The van der Waals surface area contributed by atoms with Gasteiger partial charge in [0.05, 0.1) is 16.9 Å². The van der Waals surface area contributed by atoms with Gasteiger partial charge in [0, 0.05) is 0 Å². The first kappa shape index (κ1) is 13.7. The lowest BCUT2D eigenvalue weighted by Gasteiger charge is -2.13. The molecule has 1 unspecified atom stereocenters. The SMILES string of the molecule is COc1cc(C(O)NS(C)(=O)=O)ccc1I. The van der Waals surface area contributed by atoms with E-state index in [1.165, 1.54) is 7.11 Å². The molecule has 90 valence electrons. The van der Waals surface area contributed by atoms with Gasteiger partial charge in [0.25, 0.3) is 0 Å². The Morgan fingerprint density at radius 2 is 2.12 bits per heavy atom. The number of aliphatic hydroxyl groups is 1. The van der Waals surface area contributed by atoms with Crippen molar-refractivity contribution in [2.75, 3.05) is 13.4 Å². The lowest BCUT2D eigenvalue weighted by molar-refractivity contribution is 0.166. The number of methoxy groups -OCH3 is 1. The molecule has 0 saturated heterocycles. The minimum Gasteiger partial charge on any atom is -0.496 e. The predicted octanol–water partition coefficient (Wildman–Crippen LogP) is 0.840. The first-order valence-electron chi connectivity index (χ1n) is 4.32. The number of rotatable bonds is 4. The molecule has 0 aliphatic rings. The summed E-state index contributed by atoms with van der Waals surface area (Å²) in [5.74, 6) is 0.590. The second-order valence-corrected chi connectivity index (χ2v) is 6.13. The zero-order chi connectivity index (χ0) is 12.3. The van der Waals surface area contributed by atoms with E-state index < -0.39 is 16.3 Å². The molecule has 0 aromatic heterocycles. The lowest BCUT2D eigenvalue weighted by atomic mass is 10.2. The zero-order valence-electron chi connectivity index (χ0n) is 8.77. The smallest absolute Gasteiger partial charge is 0.211 e. The van der Waals surface area contributed by atoms with Gasteiger partial charge >= 0.3 is 0 Å². The van der Waals surface area contributed by atoms with Crippen molar-refractivity contribution in [3.8, 4) is 5.75 Å². The largest absolute Gasteiger partial charge is 0.496 e.